The van der Waals surface area contributed by atoms with Crippen molar-refractivity contribution in [3.05, 3.63) is 0 Å². The third kappa shape index (κ3) is 6.19. The Kier molecular flexibility index (Phi) is 7.92. The maximum absolute atomic E-state index is 5.60. The molecule has 2 atom stereocenters. The molecule has 1 aliphatic heterocycles. The lowest BCUT2D eigenvalue weighted by Gasteiger charge is -2.22. The average Bonchev–Trinajstić information content (AvgIpc) is 2.55. The molecule has 0 radical (unpaired) electrons. The largest absolute Gasteiger partial charge is 0.330 e. The molecule has 0 aromatic rings. The van der Waals surface area contributed by atoms with Crippen molar-refractivity contribution in [2.24, 2.45) is 23.5 Å². The minimum atomic E-state index is 0.811. The topological polar surface area (TPSA) is 29.3 Å². The van der Waals surface area contributed by atoms with Gasteiger partial charge in [0.25, 0.3) is 0 Å². The number of rotatable bonds is 7. The Balaban J connectivity index is 2.15. The highest BCUT2D eigenvalue weighted by molar-refractivity contribution is 4.72. The van der Waals surface area contributed by atoms with Gasteiger partial charge in [-0.25, -0.2) is 0 Å². The molecule has 2 nitrogen and oxygen atoms in total. The second-order valence-corrected chi connectivity index (χ2v) is 6.60. The Morgan fingerprint density at radius 2 is 1.89 bits per heavy atom. The van der Waals surface area contributed by atoms with Gasteiger partial charge in [-0.05, 0) is 82.5 Å². The van der Waals surface area contributed by atoms with Crippen LogP contribution in [0.4, 0.5) is 0 Å². The van der Waals surface area contributed by atoms with Crippen LogP contribution >= 0.6 is 0 Å². The van der Waals surface area contributed by atoms with Crippen molar-refractivity contribution in [1.82, 2.24) is 4.90 Å². The molecule has 1 rings (SSSR count). The van der Waals surface area contributed by atoms with Gasteiger partial charge in [0.1, 0.15) is 0 Å². The van der Waals surface area contributed by atoms with E-state index < -0.39 is 0 Å². The Hall–Kier alpha value is -0.0800. The third-order valence-corrected chi connectivity index (χ3v) is 4.64. The second kappa shape index (κ2) is 8.92. The summed E-state index contributed by atoms with van der Waals surface area (Å²) in [4.78, 5) is 2.69. The smallest absolute Gasteiger partial charge is 0.00160 e. The molecule has 0 aliphatic carbocycles. The number of hydrogen-bond acceptors (Lipinski definition) is 2. The first-order valence-electron chi connectivity index (χ1n) is 8.06. The zero-order valence-electron chi connectivity index (χ0n) is 12.8. The summed E-state index contributed by atoms with van der Waals surface area (Å²) in [6.07, 6.45) is 8.15. The van der Waals surface area contributed by atoms with Crippen LogP contribution < -0.4 is 5.73 Å². The molecule has 1 fully saturated rings. The molecule has 0 spiro atoms. The average molecular weight is 254 g/mol. The van der Waals surface area contributed by atoms with Crippen LogP contribution in [-0.2, 0) is 0 Å². The van der Waals surface area contributed by atoms with Gasteiger partial charge >= 0.3 is 0 Å². The number of nitrogens with zero attached hydrogens (tertiary/aromatic N) is 1. The zero-order chi connectivity index (χ0) is 13.4. The van der Waals surface area contributed by atoms with Gasteiger partial charge in [-0.2, -0.15) is 0 Å². The quantitative estimate of drug-likeness (QED) is 0.753. The SMILES string of the molecule is CC(CCN)CCCN1CCCC(C(C)C)CC1. The monoisotopic (exact) mass is 254 g/mol. The highest BCUT2D eigenvalue weighted by Crippen LogP contribution is 2.24. The van der Waals surface area contributed by atoms with Crippen molar-refractivity contribution in [3.8, 4) is 0 Å². The molecule has 1 saturated heterocycles. The van der Waals surface area contributed by atoms with Crippen LogP contribution in [0.25, 0.3) is 0 Å². The fraction of sp³-hybridized carbons (Fsp3) is 1.00. The van der Waals surface area contributed by atoms with Crippen LogP contribution in [0.5, 0.6) is 0 Å². The van der Waals surface area contributed by atoms with E-state index in [0.717, 1.165) is 24.3 Å². The predicted octanol–water partition coefficient (Wildman–Crippen LogP) is 3.51. The molecule has 2 unspecified atom stereocenters. The van der Waals surface area contributed by atoms with E-state index in [-0.39, 0.29) is 0 Å². The molecule has 108 valence electrons. The van der Waals surface area contributed by atoms with E-state index in [1.807, 2.05) is 0 Å². The Bertz CT molecular complexity index is 203. The van der Waals surface area contributed by atoms with E-state index in [1.54, 1.807) is 0 Å². The maximum Gasteiger partial charge on any atom is -0.00160 e. The lowest BCUT2D eigenvalue weighted by atomic mass is 9.89. The van der Waals surface area contributed by atoms with E-state index in [2.05, 4.69) is 25.7 Å². The lowest BCUT2D eigenvalue weighted by Crippen LogP contribution is -2.26. The summed E-state index contributed by atoms with van der Waals surface area (Å²) in [5, 5.41) is 0. The van der Waals surface area contributed by atoms with Gasteiger partial charge in [-0.15, -0.1) is 0 Å². The van der Waals surface area contributed by atoms with Crippen molar-refractivity contribution in [2.75, 3.05) is 26.2 Å². The molecule has 1 aliphatic rings. The van der Waals surface area contributed by atoms with Gasteiger partial charge in [-0.3, -0.25) is 0 Å². The van der Waals surface area contributed by atoms with E-state index >= 15 is 0 Å². The van der Waals surface area contributed by atoms with Crippen molar-refractivity contribution in [1.29, 1.82) is 0 Å². The highest BCUT2D eigenvalue weighted by atomic mass is 15.1. The van der Waals surface area contributed by atoms with Crippen LogP contribution in [0, 0.1) is 17.8 Å². The molecule has 0 aromatic carbocycles. The standard InChI is InChI=1S/C16H34N2/c1-14(2)16-7-5-12-18(13-9-16)11-4-6-15(3)8-10-17/h14-16H,4-13,17H2,1-3H3. The van der Waals surface area contributed by atoms with Crippen molar-refractivity contribution < 1.29 is 0 Å². The highest BCUT2D eigenvalue weighted by Gasteiger charge is 2.19. The third-order valence-electron chi connectivity index (χ3n) is 4.64. The number of nitrogens with two attached hydrogens (primary N) is 1. The summed E-state index contributed by atoms with van der Waals surface area (Å²) in [5.41, 5.74) is 5.60. The minimum Gasteiger partial charge on any atom is -0.330 e. The second-order valence-electron chi connectivity index (χ2n) is 6.60. The fourth-order valence-electron chi connectivity index (χ4n) is 3.16. The van der Waals surface area contributed by atoms with Gasteiger partial charge in [-0.1, -0.05) is 20.8 Å². The molecule has 0 saturated carbocycles. The minimum absolute atomic E-state index is 0.811. The summed E-state index contributed by atoms with van der Waals surface area (Å²) in [5.74, 6) is 2.64. The van der Waals surface area contributed by atoms with E-state index in [1.165, 1.54) is 58.2 Å². The van der Waals surface area contributed by atoms with Crippen LogP contribution in [0.15, 0.2) is 0 Å². The molecule has 2 N–H and O–H groups in total. The summed E-state index contributed by atoms with van der Waals surface area (Å²) < 4.78 is 0. The van der Waals surface area contributed by atoms with Crippen LogP contribution in [0.1, 0.15) is 59.3 Å². The van der Waals surface area contributed by atoms with E-state index in [0.29, 0.717) is 0 Å². The summed E-state index contributed by atoms with van der Waals surface area (Å²) in [7, 11) is 0. The zero-order valence-corrected chi connectivity index (χ0v) is 12.8. The van der Waals surface area contributed by atoms with Crippen LogP contribution in [0.2, 0.25) is 0 Å². The molecular formula is C16H34N2. The predicted molar refractivity (Wildman–Crippen MR) is 80.7 cm³/mol. The normalized spacial score (nSPS) is 24.2. The first-order valence-corrected chi connectivity index (χ1v) is 8.06. The van der Waals surface area contributed by atoms with E-state index in [9.17, 15) is 0 Å². The molecule has 0 amide bonds. The van der Waals surface area contributed by atoms with Crippen molar-refractivity contribution in [3.63, 3.8) is 0 Å². The first kappa shape index (κ1) is 16.0. The fourth-order valence-corrected chi connectivity index (χ4v) is 3.16. The van der Waals surface area contributed by atoms with Crippen LogP contribution in [-0.4, -0.2) is 31.1 Å². The number of hydrogen-bond donors (Lipinski definition) is 1. The van der Waals surface area contributed by atoms with Gasteiger partial charge in [0.15, 0.2) is 0 Å². The first-order chi connectivity index (χ1) is 8.63. The molecule has 18 heavy (non-hydrogen) atoms. The molecule has 2 heteroatoms. The number of likely N-dealkylation sites (tertiary alicyclic amines) is 1. The maximum atomic E-state index is 5.60. The Morgan fingerprint density at radius 3 is 2.56 bits per heavy atom. The Morgan fingerprint density at radius 1 is 1.11 bits per heavy atom. The molecular weight excluding hydrogens is 220 g/mol. The summed E-state index contributed by atoms with van der Waals surface area (Å²) >= 11 is 0. The van der Waals surface area contributed by atoms with Crippen molar-refractivity contribution >= 4 is 0 Å². The van der Waals surface area contributed by atoms with Crippen molar-refractivity contribution in [2.45, 2.75) is 59.3 Å². The lowest BCUT2D eigenvalue weighted by molar-refractivity contribution is 0.260. The summed E-state index contributed by atoms with van der Waals surface area (Å²) in [6.45, 7) is 11.9. The van der Waals surface area contributed by atoms with Crippen LogP contribution in [0.3, 0.4) is 0 Å². The van der Waals surface area contributed by atoms with Gasteiger partial charge in [0.2, 0.25) is 0 Å². The summed E-state index contributed by atoms with van der Waals surface area (Å²) in [6, 6.07) is 0. The van der Waals surface area contributed by atoms with Gasteiger partial charge in [0.05, 0.1) is 0 Å². The molecule has 0 bridgehead atoms. The van der Waals surface area contributed by atoms with Gasteiger partial charge in [0, 0.05) is 0 Å². The van der Waals surface area contributed by atoms with E-state index in [4.69, 9.17) is 5.73 Å². The molecule has 0 aromatic heterocycles. The Labute approximate surface area is 114 Å². The van der Waals surface area contributed by atoms with Gasteiger partial charge < -0.3 is 10.6 Å². The molecule has 1 heterocycles.